The van der Waals surface area contributed by atoms with Gasteiger partial charge in [0.15, 0.2) is 0 Å². The van der Waals surface area contributed by atoms with E-state index >= 15 is 0 Å². The van der Waals surface area contributed by atoms with Crippen LogP contribution in [0.3, 0.4) is 0 Å². The van der Waals surface area contributed by atoms with Crippen LogP contribution in [-0.2, 0) is 11.3 Å². The fourth-order valence-corrected chi connectivity index (χ4v) is 2.99. The summed E-state index contributed by atoms with van der Waals surface area (Å²) in [6.07, 6.45) is 7.64. The number of aromatic amines is 1. The van der Waals surface area contributed by atoms with Crippen LogP contribution in [-0.4, -0.2) is 27.9 Å². The second-order valence-corrected chi connectivity index (χ2v) is 7.40. The molecule has 6 nitrogen and oxygen atoms in total. The summed E-state index contributed by atoms with van der Waals surface area (Å²) in [4.78, 5) is 11.9. The SMILES string of the molecule is CCC1CCC(NCc2cn[nH]c2NC(=O)OC(C)(C)C)CC1. The number of ether oxygens (including phenoxy) is 1. The van der Waals surface area contributed by atoms with Gasteiger partial charge >= 0.3 is 6.09 Å². The molecule has 1 amide bonds. The molecule has 1 fully saturated rings. The molecule has 1 aromatic heterocycles. The standard InChI is InChI=1S/C17H30N4O2/c1-5-12-6-8-14(9-7-12)18-10-13-11-19-21-15(13)20-16(22)23-17(2,3)4/h11-12,14,18H,5-10H2,1-4H3,(H2,19,20,21,22). The van der Waals surface area contributed by atoms with Crippen molar-refractivity contribution in [2.75, 3.05) is 5.32 Å². The summed E-state index contributed by atoms with van der Waals surface area (Å²) >= 11 is 0. The van der Waals surface area contributed by atoms with Gasteiger partial charge in [-0.25, -0.2) is 4.79 Å². The van der Waals surface area contributed by atoms with Gasteiger partial charge in [-0.3, -0.25) is 10.4 Å². The third-order valence-electron chi connectivity index (χ3n) is 4.35. The van der Waals surface area contributed by atoms with Crippen LogP contribution >= 0.6 is 0 Å². The lowest BCUT2D eigenvalue weighted by atomic mass is 9.84. The summed E-state index contributed by atoms with van der Waals surface area (Å²) in [6, 6.07) is 0.557. The predicted octanol–water partition coefficient (Wildman–Crippen LogP) is 3.82. The van der Waals surface area contributed by atoms with E-state index in [1.54, 1.807) is 6.20 Å². The highest BCUT2D eigenvalue weighted by Crippen LogP contribution is 2.26. The van der Waals surface area contributed by atoms with E-state index in [2.05, 4.69) is 27.8 Å². The number of H-pyrrole nitrogens is 1. The minimum atomic E-state index is -0.513. The van der Waals surface area contributed by atoms with E-state index in [0.29, 0.717) is 18.4 Å². The highest BCUT2D eigenvalue weighted by atomic mass is 16.6. The van der Waals surface area contributed by atoms with Crippen LogP contribution in [0, 0.1) is 5.92 Å². The first-order valence-electron chi connectivity index (χ1n) is 8.63. The number of hydrogen-bond donors (Lipinski definition) is 3. The summed E-state index contributed by atoms with van der Waals surface area (Å²) in [5, 5.41) is 13.2. The van der Waals surface area contributed by atoms with E-state index in [1.807, 2.05) is 20.8 Å². The van der Waals surface area contributed by atoms with Crippen LogP contribution in [0.2, 0.25) is 0 Å². The molecule has 0 atom stereocenters. The van der Waals surface area contributed by atoms with E-state index in [1.165, 1.54) is 32.1 Å². The maximum absolute atomic E-state index is 11.9. The second-order valence-electron chi connectivity index (χ2n) is 7.40. The normalized spacial score (nSPS) is 21.9. The van der Waals surface area contributed by atoms with Gasteiger partial charge in [0.25, 0.3) is 0 Å². The molecular weight excluding hydrogens is 292 g/mol. The zero-order chi connectivity index (χ0) is 16.9. The number of nitrogens with one attached hydrogen (secondary N) is 3. The summed E-state index contributed by atoms with van der Waals surface area (Å²) in [5.74, 6) is 1.50. The van der Waals surface area contributed by atoms with Crippen molar-refractivity contribution in [2.24, 2.45) is 5.92 Å². The number of aromatic nitrogens is 2. The molecule has 0 radical (unpaired) electrons. The molecule has 1 heterocycles. The number of amides is 1. The number of nitrogens with zero attached hydrogens (tertiary/aromatic N) is 1. The first-order chi connectivity index (χ1) is 10.9. The quantitative estimate of drug-likeness (QED) is 0.770. The topological polar surface area (TPSA) is 79.0 Å². The Balaban J connectivity index is 1.81. The van der Waals surface area contributed by atoms with E-state index < -0.39 is 11.7 Å². The van der Waals surface area contributed by atoms with Crippen molar-refractivity contribution in [1.82, 2.24) is 15.5 Å². The fraction of sp³-hybridized carbons (Fsp3) is 0.765. The predicted molar refractivity (Wildman–Crippen MR) is 91.3 cm³/mol. The molecule has 0 spiro atoms. The first-order valence-corrected chi connectivity index (χ1v) is 8.63. The average molecular weight is 322 g/mol. The van der Waals surface area contributed by atoms with Crippen molar-refractivity contribution < 1.29 is 9.53 Å². The molecule has 0 saturated heterocycles. The molecule has 0 aliphatic heterocycles. The van der Waals surface area contributed by atoms with E-state index in [4.69, 9.17) is 4.74 Å². The summed E-state index contributed by atoms with van der Waals surface area (Å²) < 4.78 is 5.27. The Labute approximate surface area is 138 Å². The third kappa shape index (κ3) is 5.86. The summed E-state index contributed by atoms with van der Waals surface area (Å²) in [7, 11) is 0. The highest BCUT2D eigenvalue weighted by molar-refractivity contribution is 5.84. The molecule has 0 unspecified atom stereocenters. The zero-order valence-corrected chi connectivity index (χ0v) is 14.7. The molecule has 0 aromatic carbocycles. The molecule has 130 valence electrons. The first kappa shape index (κ1) is 17.8. The Morgan fingerprint density at radius 3 is 2.65 bits per heavy atom. The van der Waals surface area contributed by atoms with Gasteiger partial charge in [0.1, 0.15) is 11.4 Å². The minimum absolute atomic E-state index is 0.466. The van der Waals surface area contributed by atoms with Gasteiger partial charge < -0.3 is 10.1 Å². The van der Waals surface area contributed by atoms with Crippen LogP contribution < -0.4 is 10.6 Å². The van der Waals surface area contributed by atoms with Crippen LogP contribution in [0.25, 0.3) is 0 Å². The molecule has 3 N–H and O–H groups in total. The molecule has 1 aliphatic rings. The number of hydrogen-bond acceptors (Lipinski definition) is 4. The zero-order valence-electron chi connectivity index (χ0n) is 14.7. The van der Waals surface area contributed by atoms with Crippen molar-refractivity contribution in [3.63, 3.8) is 0 Å². The minimum Gasteiger partial charge on any atom is -0.444 e. The van der Waals surface area contributed by atoms with Crippen molar-refractivity contribution in [3.8, 4) is 0 Å². The van der Waals surface area contributed by atoms with E-state index in [-0.39, 0.29) is 0 Å². The Bertz CT molecular complexity index is 499. The lowest BCUT2D eigenvalue weighted by molar-refractivity contribution is 0.0635. The Kier molecular flexibility index (Phi) is 6.04. The second kappa shape index (κ2) is 7.81. The van der Waals surface area contributed by atoms with Gasteiger partial charge in [0.05, 0.1) is 6.20 Å². The van der Waals surface area contributed by atoms with Crippen molar-refractivity contribution >= 4 is 11.9 Å². The molecule has 1 saturated carbocycles. The van der Waals surface area contributed by atoms with Gasteiger partial charge in [0, 0.05) is 18.2 Å². The summed E-state index contributed by atoms with van der Waals surface area (Å²) in [5.41, 5.74) is 0.439. The average Bonchev–Trinajstić information content (AvgIpc) is 2.90. The van der Waals surface area contributed by atoms with Crippen LogP contribution in [0.15, 0.2) is 6.20 Å². The molecule has 0 bridgehead atoms. The van der Waals surface area contributed by atoms with Crippen molar-refractivity contribution in [3.05, 3.63) is 11.8 Å². The maximum atomic E-state index is 11.9. The lowest BCUT2D eigenvalue weighted by Gasteiger charge is -2.28. The van der Waals surface area contributed by atoms with Crippen LogP contribution in [0.1, 0.15) is 65.4 Å². The van der Waals surface area contributed by atoms with Gasteiger partial charge in [-0.2, -0.15) is 5.10 Å². The molecule has 1 aliphatic carbocycles. The molecular formula is C17H30N4O2. The Hall–Kier alpha value is -1.56. The number of carbonyl (C=O) groups is 1. The Morgan fingerprint density at radius 1 is 1.35 bits per heavy atom. The molecule has 6 heteroatoms. The number of anilines is 1. The van der Waals surface area contributed by atoms with Crippen molar-refractivity contribution in [1.29, 1.82) is 0 Å². The molecule has 2 rings (SSSR count). The number of carbonyl (C=O) groups excluding carboxylic acids is 1. The third-order valence-corrected chi connectivity index (χ3v) is 4.35. The largest absolute Gasteiger partial charge is 0.444 e. The smallest absolute Gasteiger partial charge is 0.413 e. The summed E-state index contributed by atoms with van der Waals surface area (Å²) in [6.45, 7) is 8.50. The maximum Gasteiger partial charge on any atom is 0.413 e. The van der Waals surface area contributed by atoms with Crippen LogP contribution in [0.4, 0.5) is 10.6 Å². The fourth-order valence-electron chi connectivity index (χ4n) is 2.99. The van der Waals surface area contributed by atoms with Gasteiger partial charge in [-0.05, 0) is 52.4 Å². The molecule has 1 aromatic rings. The van der Waals surface area contributed by atoms with Gasteiger partial charge in [-0.15, -0.1) is 0 Å². The molecule has 23 heavy (non-hydrogen) atoms. The van der Waals surface area contributed by atoms with E-state index in [0.717, 1.165) is 11.5 Å². The van der Waals surface area contributed by atoms with Gasteiger partial charge in [0.2, 0.25) is 0 Å². The van der Waals surface area contributed by atoms with Gasteiger partial charge in [-0.1, -0.05) is 13.3 Å². The van der Waals surface area contributed by atoms with Crippen LogP contribution in [0.5, 0.6) is 0 Å². The van der Waals surface area contributed by atoms with E-state index in [9.17, 15) is 4.79 Å². The highest BCUT2D eigenvalue weighted by Gasteiger charge is 2.21. The monoisotopic (exact) mass is 322 g/mol. The Morgan fingerprint density at radius 2 is 2.04 bits per heavy atom. The lowest BCUT2D eigenvalue weighted by Crippen LogP contribution is -2.33. The number of rotatable bonds is 5. The van der Waals surface area contributed by atoms with Crippen molar-refractivity contribution in [2.45, 2.75) is 78.0 Å².